The summed E-state index contributed by atoms with van der Waals surface area (Å²) < 4.78 is 29.3. The Kier molecular flexibility index (Phi) is 9.98. The minimum absolute atomic E-state index is 0.0790. The third-order valence-electron chi connectivity index (χ3n) is 6.50. The van der Waals surface area contributed by atoms with Crippen LogP contribution in [0.25, 0.3) is 0 Å². The van der Waals surface area contributed by atoms with E-state index in [9.17, 15) is 30.6 Å². The Labute approximate surface area is 214 Å². The molecule has 0 amide bonds. The fourth-order valence-corrected chi connectivity index (χ4v) is 4.44. The van der Waals surface area contributed by atoms with Crippen molar-refractivity contribution in [2.75, 3.05) is 13.2 Å². The van der Waals surface area contributed by atoms with Gasteiger partial charge in [0.05, 0.1) is 26.4 Å². The Morgan fingerprint density at radius 3 is 1.68 bits per heavy atom. The second kappa shape index (κ2) is 13.2. The first-order chi connectivity index (χ1) is 17.9. The van der Waals surface area contributed by atoms with Gasteiger partial charge in [0.25, 0.3) is 0 Å². The van der Waals surface area contributed by atoms with E-state index < -0.39 is 74.6 Å². The van der Waals surface area contributed by atoms with Crippen molar-refractivity contribution in [2.45, 2.75) is 74.6 Å². The van der Waals surface area contributed by atoms with Crippen molar-refractivity contribution in [1.82, 2.24) is 0 Å². The number of hydrogen-bond donors (Lipinski definition) is 6. The fourth-order valence-electron chi connectivity index (χ4n) is 4.44. The molecule has 0 aliphatic carbocycles. The maximum absolute atomic E-state index is 10.8. The molecule has 2 saturated heterocycles. The maximum atomic E-state index is 10.8. The second-order valence-corrected chi connectivity index (χ2v) is 9.07. The van der Waals surface area contributed by atoms with Crippen LogP contribution in [0.2, 0.25) is 0 Å². The summed E-state index contributed by atoms with van der Waals surface area (Å²) in [5.74, 6) is 0. The van der Waals surface area contributed by atoms with Crippen LogP contribution in [0.4, 0.5) is 0 Å². The van der Waals surface area contributed by atoms with Gasteiger partial charge in [-0.1, -0.05) is 60.7 Å². The minimum Gasteiger partial charge on any atom is -0.394 e. The molecule has 204 valence electrons. The number of aliphatic hydroxyl groups excluding tert-OH is 6. The highest BCUT2D eigenvalue weighted by atomic mass is 16.7. The summed E-state index contributed by atoms with van der Waals surface area (Å²) in [5.41, 5.74) is 1.64. The fraction of sp³-hybridized carbons (Fsp3) is 0.538. The molecular formula is C26H34O11. The number of aliphatic hydroxyl groups is 6. The van der Waals surface area contributed by atoms with E-state index in [1.165, 1.54) is 0 Å². The average Bonchev–Trinajstić information content (AvgIpc) is 2.93. The van der Waals surface area contributed by atoms with E-state index in [-0.39, 0.29) is 13.2 Å². The van der Waals surface area contributed by atoms with Gasteiger partial charge in [-0.2, -0.15) is 0 Å². The summed E-state index contributed by atoms with van der Waals surface area (Å²) in [7, 11) is 0. The lowest BCUT2D eigenvalue weighted by atomic mass is 9.96. The molecular weight excluding hydrogens is 488 g/mol. The number of hydrogen-bond acceptors (Lipinski definition) is 11. The van der Waals surface area contributed by atoms with E-state index in [1.54, 1.807) is 0 Å². The van der Waals surface area contributed by atoms with Gasteiger partial charge >= 0.3 is 0 Å². The van der Waals surface area contributed by atoms with Gasteiger partial charge in [0.15, 0.2) is 12.6 Å². The molecule has 2 heterocycles. The zero-order chi connectivity index (χ0) is 26.4. The van der Waals surface area contributed by atoms with Gasteiger partial charge in [0.2, 0.25) is 0 Å². The molecule has 11 heteroatoms. The van der Waals surface area contributed by atoms with Gasteiger partial charge in [-0.05, 0) is 11.1 Å². The Bertz CT molecular complexity index is 931. The molecule has 6 N–H and O–H groups in total. The van der Waals surface area contributed by atoms with Gasteiger partial charge in [-0.15, -0.1) is 0 Å². The molecule has 4 rings (SSSR count). The van der Waals surface area contributed by atoms with E-state index in [1.807, 2.05) is 60.7 Å². The van der Waals surface area contributed by atoms with Crippen molar-refractivity contribution in [2.24, 2.45) is 0 Å². The SMILES string of the molecule is OC[C@H]1O[C@@H](O[C@@H]2[C@@H](OCc3ccccc3)[C@@H](O)O[C@H](CO)[C@H]2OCc2ccccc2)[C@H](O)[C@@H](O)[C@H]1O. The molecule has 11 nitrogen and oxygen atoms in total. The Balaban J connectivity index is 1.59. The third kappa shape index (κ3) is 6.72. The first-order valence-electron chi connectivity index (χ1n) is 12.1. The molecule has 0 saturated carbocycles. The lowest BCUT2D eigenvalue weighted by Gasteiger charge is -2.47. The first kappa shape index (κ1) is 28.0. The molecule has 2 aromatic rings. The van der Waals surface area contributed by atoms with Crippen molar-refractivity contribution in [3.05, 3.63) is 71.8 Å². The molecule has 2 fully saturated rings. The van der Waals surface area contributed by atoms with Crippen LogP contribution in [-0.4, -0.2) is 105 Å². The monoisotopic (exact) mass is 522 g/mol. The molecule has 0 aromatic heterocycles. The van der Waals surface area contributed by atoms with Gasteiger partial charge in [-0.3, -0.25) is 0 Å². The standard InChI is InChI=1S/C26H34O11/c27-11-17-19(29)20(30)21(31)26(36-17)37-23-22(33-13-15-7-3-1-4-8-15)18(12-28)35-25(32)24(23)34-14-16-9-5-2-6-10-16/h1-10,17-32H,11-14H2/t17-,18-,19+,20+,21-,22-,23+,24-,25+,26+/m1/s1. The smallest absolute Gasteiger partial charge is 0.187 e. The van der Waals surface area contributed by atoms with Crippen molar-refractivity contribution in [1.29, 1.82) is 0 Å². The normalized spacial score (nSPS) is 36.4. The highest BCUT2D eigenvalue weighted by molar-refractivity contribution is 5.14. The quantitative estimate of drug-likeness (QED) is 0.228. The topological polar surface area (TPSA) is 168 Å². The summed E-state index contributed by atoms with van der Waals surface area (Å²) >= 11 is 0. The van der Waals surface area contributed by atoms with Gasteiger partial charge in [-0.25, -0.2) is 0 Å². The Hall–Kier alpha value is -2.00. The molecule has 2 aliphatic heterocycles. The van der Waals surface area contributed by atoms with Crippen LogP contribution in [0.15, 0.2) is 60.7 Å². The van der Waals surface area contributed by atoms with E-state index in [0.717, 1.165) is 11.1 Å². The minimum atomic E-state index is -1.69. The number of benzene rings is 2. The van der Waals surface area contributed by atoms with Crippen LogP contribution < -0.4 is 0 Å². The average molecular weight is 523 g/mol. The number of rotatable bonds is 10. The molecule has 0 bridgehead atoms. The predicted molar refractivity (Wildman–Crippen MR) is 127 cm³/mol. The zero-order valence-electron chi connectivity index (χ0n) is 20.1. The van der Waals surface area contributed by atoms with E-state index in [4.69, 9.17) is 23.7 Å². The van der Waals surface area contributed by atoms with Crippen LogP contribution in [0, 0.1) is 0 Å². The van der Waals surface area contributed by atoms with E-state index in [0.29, 0.717) is 0 Å². The zero-order valence-corrected chi connectivity index (χ0v) is 20.1. The van der Waals surface area contributed by atoms with Crippen molar-refractivity contribution < 1.29 is 54.3 Å². The molecule has 0 radical (unpaired) electrons. The van der Waals surface area contributed by atoms with Gasteiger partial charge in [0, 0.05) is 0 Å². The van der Waals surface area contributed by atoms with Crippen LogP contribution in [0.1, 0.15) is 11.1 Å². The summed E-state index contributed by atoms with van der Waals surface area (Å²) in [6.07, 6.45) is -13.5. The summed E-state index contributed by atoms with van der Waals surface area (Å²) in [6.45, 7) is -0.962. The lowest BCUT2D eigenvalue weighted by Crippen LogP contribution is -2.65. The van der Waals surface area contributed by atoms with Crippen molar-refractivity contribution in [3.8, 4) is 0 Å². The molecule has 2 aliphatic rings. The Morgan fingerprint density at radius 1 is 0.595 bits per heavy atom. The summed E-state index contributed by atoms with van der Waals surface area (Å²) in [4.78, 5) is 0. The largest absolute Gasteiger partial charge is 0.394 e. The van der Waals surface area contributed by atoms with Crippen LogP contribution in [0.5, 0.6) is 0 Å². The number of ether oxygens (including phenoxy) is 5. The van der Waals surface area contributed by atoms with Crippen molar-refractivity contribution in [3.63, 3.8) is 0 Å². The van der Waals surface area contributed by atoms with Crippen LogP contribution >= 0.6 is 0 Å². The Morgan fingerprint density at radius 2 is 1.14 bits per heavy atom. The molecule has 0 spiro atoms. The lowest BCUT2D eigenvalue weighted by molar-refractivity contribution is -0.365. The first-order valence-corrected chi connectivity index (χ1v) is 12.1. The van der Waals surface area contributed by atoms with Crippen LogP contribution in [0.3, 0.4) is 0 Å². The molecule has 2 aromatic carbocycles. The summed E-state index contributed by atoms with van der Waals surface area (Å²) in [5, 5.41) is 61.3. The highest BCUT2D eigenvalue weighted by Gasteiger charge is 2.52. The second-order valence-electron chi connectivity index (χ2n) is 9.07. The van der Waals surface area contributed by atoms with E-state index >= 15 is 0 Å². The summed E-state index contributed by atoms with van der Waals surface area (Å²) in [6, 6.07) is 18.4. The van der Waals surface area contributed by atoms with Crippen LogP contribution in [-0.2, 0) is 36.9 Å². The highest BCUT2D eigenvalue weighted by Crippen LogP contribution is 2.32. The van der Waals surface area contributed by atoms with Gasteiger partial charge in [0.1, 0.15) is 48.8 Å². The molecule has 10 atom stereocenters. The maximum Gasteiger partial charge on any atom is 0.187 e. The predicted octanol–water partition coefficient (Wildman–Crippen LogP) is -0.948. The molecule has 0 unspecified atom stereocenters. The van der Waals surface area contributed by atoms with Crippen molar-refractivity contribution >= 4 is 0 Å². The third-order valence-corrected chi connectivity index (χ3v) is 6.50. The van der Waals surface area contributed by atoms with Gasteiger partial charge < -0.3 is 54.3 Å². The van der Waals surface area contributed by atoms with E-state index in [2.05, 4.69) is 0 Å². The molecule has 37 heavy (non-hydrogen) atoms.